The van der Waals surface area contributed by atoms with Crippen LogP contribution in [-0.2, 0) is 6.18 Å². The summed E-state index contributed by atoms with van der Waals surface area (Å²) in [6.45, 7) is 1.58. The Kier molecular flexibility index (Phi) is 2.95. The maximum Gasteiger partial charge on any atom is 0.417 e. The van der Waals surface area contributed by atoms with Gasteiger partial charge in [0.15, 0.2) is 5.65 Å². The van der Waals surface area contributed by atoms with Crippen molar-refractivity contribution in [2.24, 2.45) is 0 Å². The summed E-state index contributed by atoms with van der Waals surface area (Å²) in [6.07, 6.45) is -2.23. The molecule has 0 fully saturated rings. The Hall–Kier alpha value is -1.74. The Balaban J connectivity index is 2.73. The minimum Gasteiger partial charge on any atom is -0.301 e. The predicted octanol–water partition coefficient (Wildman–Crippen LogP) is 3.63. The molecule has 0 N–H and O–H groups in total. The lowest BCUT2D eigenvalue weighted by atomic mass is 10.1. The van der Waals surface area contributed by atoms with Gasteiger partial charge in [0.25, 0.3) is 0 Å². The van der Waals surface area contributed by atoms with Crippen molar-refractivity contribution >= 4 is 17.2 Å². The topological polar surface area (TPSA) is 41.1 Å². The lowest BCUT2D eigenvalue weighted by Gasteiger charge is -2.10. The summed E-state index contributed by atoms with van der Waals surface area (Å²) in [4.78, 5) is 3.92. The molecule has 0 amide bonds. The molecule has 2 heterocycles. The molecule has 1 unspecified atom stereocenters. The van der Waals surface area contributed by atoms with E-state index in [1.165, 1.54) is 10.6 Å². The van der Waals surface area contributed by atoms with Crippen molar-refractivity contribution in [1.29, 1.82) is 5.26 Å². The number of aromatic nitrogens is 2. The number of nitrogens with zero attached hydrogens (tertiary/aromatic N) is 3. The highest BCUT2D eigenvalue weighted by atomic mass is 35.5. The zero-order chi connectivity index (χ0) is 13.5. The molecule has 0 spiro atoms. The van der Waals surface area contributed by atoms with E-state index in [4.69, 9.17) is 16.9 Å². The molecule has 0 aromatic carbocycles. The molecule has 0 aliphatic heterocycles. The first kappa shape index (κ1) is 12.7. The Morgan fingerprint density at radius 2 is 2.17 bits per heavy atom. The van der Waals surface area contributed by atoms with Gasteiger partial charge >= 0.3 is 6.18 Å². The van der Waals surface area contributed by atoms with Crippen LogP contribution in [0.4, 0.5) is 13.2 Å². The van der Waals surface area contributed by atoms with Crippen molar-refractivity contribution in [2.45, 2.75) is 19.0 Å². The van der Waals surface area contributed by atoms with Crippen LogP contribution in [0.25, 0.3) is 5.65 Å². The van der Waals surface area contributed by atoms with Crippen molar-refractivity contribution < 1.29 is 13.2 Å². The molecule has 1 atom stereocenters. The van der Waals surface area contributed by atoms with E-state index in [1.54, 1.807) is 6.92 Å². The van der Waals surface area contributed by atoms with Gasteiger partial charge in [-0.15, -0.1) is 0 Å². The minimum atomic E-state index is -4.49. The molecule has 18 heavy (non-hydrogen) atoms. The molecule has 0 saturated heterocycles. The van der Waals surface area contributed by atoms with Gasteiger partial charge < -0.3 is 4.40 Å². The van der Waals surface area contributed by atoms with Crippen LogP contribution in [0.5, 0.6) is 0 Å². The second-order valence-electron chi connectivity index (χ2n) is 3.80. The molecule has 94 valence electrons. The Morgan fingerprint density at radius 1 is 1.50 bits per heavy atom. The molecule has 0 aliphatic rings. The summed E-state index contributed by atoms with van der Waals surface area (Å²) in [5.74, 6) is -0.570. The number of hydrogen-bond acceptors (Lipinski definition) is 2. The third-order valence-corrected chi connectivity index (χ3v) is 2.83. The largest absolute Gasteiger partial charge is 0.417 e. The molecule has 2 aromatic heterocycles. The molecule has 0 radical (unpaired) electrons. The van der Waals surface area contributed by atoms with Gasteiger partial charge in [-0.2, -0.15) is 18.4 Å². The number of alkyl halides is 3. The number of nitriles is 1. The molecule has 3 nitrogen and oxygen atoms in total. The third kappa shape index (κ3) is 2.02. The fourth-order valence-corrected chi connectivity index (χ4v) is 1.86. The smallest absolute Gasteiger partial charge is 0.301 e. The van der Waals surface area contributed by atoms with Crippen LogP contribution < -0.4 is 0 Å². The van der Waals surface area contributed by atoms with Gasteiger partial charge in [0.1, 0.15) is 0 Å². The van der Waals surface area contributed by atoms with Crippen molar-refractivity contribution in [2.75, 3.05) is 0 Å². The first-order valence-corrected chi connectivity index (χ1v) is 5.35. The van der Waals surface area contributed by atoms with E-state index in [2.05, 4.69) is 4.98 Å². The van der Waals surface area contributed by atoms with Crippen LogP contribution >= 0.6 is 11.6 Å². The fraction of sp³-hybridized carbons (Fsp3) is 0.273. The average Bonchev–Trinajstić information content (AvgIpc) is 2.71. The van der Waals surface area contributed by atoms with Crippen LogP contribution in [0.1, 0.15) is 24.1 Å². The molecular weight excluding hydrogens is 267 g/mol. The molecule has 0 saturated carbocycles. The Bertz CT molecular complexity index is 639. The van der Waals surface area contributed by atoms with E-state index in [1.807, 2.05) is 6.07 Å². The summed E-state index contributed by atoms with van der Waals surface area (Å²) < 4.78 is 39.2. The van der Waals surface area contributed by atoms with Gasteiger partial charge in [-0.05, 0) is 13.0 Å². The van der Waals surface area contributed by atoms with Gasteiger partial charge in [-0.25, -0.2) is 4.98 Å². The number of hydrogen-bond donors (Lipinski definition) is 0. The van der Waals surface area contributed by atoms with E-state index >= 15 is 0 Å². The lowest BCUT2D eigenvalue weighted by Crippen LogP contribution is -2.08. The van der Waals surface area contributed by atoms with Crippen molar-refractivity contribution in [1.82, 2.24) is 9.38 Å². The molecule has 7 heteroatoms. The molecule has 0 aliphatic carbocycles. The van der Waals surface area contributed by atoms with Crippen molar-refractivity contribution in [3.8, 4) is 6.07 Å². The highest BCUT2D eigenvalue weighted by molar-refractivity contribution is 6.33. The second kappa shape index (κ2) is 4.18. The fourth-order valence-electron chi connectivity index (χ4n) is 1.61. The lowest BCUT2D eigenvalue weighted by molar-refractivity contribution is -0.137. The number of imidazole rings is 1. The summed E-state index contributed by atoms with van der Waals surface area (Å²) in [5.41, 5.74) is -0.286. The van der Waals surface area contributed by atoms with Gasteiger partial charge in [0, 0.05) is 6.20 Å². The number of rotatable bonds is 1. The first-order valence-electron chi connectivity index (χ1n) is 4.98. The van der Waals surface area contributed by atoms with Crippen LogP contribution in [0.2, 0.25) is 5.02 Å². The summed E-state index contributed by atoms with van der Waals surface area (Å²) >= 11 is 5.76. The average molecular weight is 274 g/mol. The quantitative estimate of drug-likeness (QED) is 0.796. The number of halogens is 4. The Labute approximate surface area is 105 Å². The maximum absolute atomic E-state index is 12.7. The van der Waals surface area contributed by atoms with Gasteiger partial charge in [0.05, 0.1) is 34.5 Å². The predicted molar refractivity (Wildman–Crippen MR) is 59.2 cm³/mol. The number of fused-ring (bicyclic) bond motifs is 1. The highest BCUT2D eigenvalue weighted by Gasteiger charge is 2.32. The summed E-state index contributed by atoms with van der Waals surface area (Å²) in [6, 6.07) is 2.78. The monoisotopic (exact) mass is 273 g/mol. The first-order chi connectivity index (χ1) is 8.34. The van der Waals surface area contributed by atoms with Crippen LogP contribution in [0.15, 0.2) is 18.5 Å². The van der Waals surface area contributed by atoms with Crippen LogP contribution in [0.3, 0.4) is 0 Å². The van der Waals surface area contributed by atoms with Gasteiger partial charge in [-0.3, -0.25) is 0 Å². The standard InChI is InChI=1S/C11H7ClF3N3/c1-6(3-16)9-4-17-10-8(12)2-7(5-18(9)10)11(13,14)15/h2,4-6H,1H3. The summed E-state index contributed by atoms with van der Waals surface area (Å²) in [7, 11) is 0. The van der Waals surface area contributed by atoms with Crippen LogP contribution in [0, 0.1) is 11.3 Å². The third-order valence-electron chi connectivity index (χ3n) is 2.55. The zero-order valence-corrected chi connectivity index (χ0v) is 9.92. The normalized spacial score (nSPS) is 13.6. The SMILES string of the molecule is CC(C#N)c1cnc2c(Cl)cc(C(F)(F)F)cn12. The van der Waals surface area contributed by atoms with Gasteiger partial charge in [-0.1, -0.05) is 11.6 Å². The summed E-state index contributed by atoms with van der Waals surface area (Å²) in [5, 5.41) is 8.72. The molecule has 2 rings (SSSR count). The van der Waals surface area contributed by atoms with Crippen molar-refractivity contribution in [3.05, 3.63) is 34.7 Å². The van der Waals surface area contributed by atoms with Gasteiger partial charge in [0.2, 0.25) is 0 Å². The van der Waals surface area contributed by atoms with E-state index in [0.717, 1.165) is 12.3 Å². The van der Waals surface area contributed by atoms with Crippen LogP contribution in [-0.4, -0.2) is 9.38 Å². The molecular formula is C11H7ClF3N3. The Morgan fingerprint density at radius 3 is 2.72 bits per heavy atom. The molecule has 0 bridgehead atoms. The van der Waals surface area contributed by atoms with E-state index < -0.39 is 17.7 Å². The van der Waals surface area contributed by atoms with E-state index in [9.17, 15) is 13.2 Å². The van der Waals surface area contributed by atoms with E-state index in [-0.39, 0.29) is 10.7 Å². The highest BCUT2D eigenvalue weighted by Crippen LogP contribution is 2.33. The number of pyridine rings is 1. The zero-order valence-electron chi connectivity index (χ0n) is 9.16. The maximum atomic E-state index is 12.7. The van der Waals surface area contributed by atoms with Crippen molar-refractivity contribution in [3.63, 3.8) is 0 Å². The minimum absolute atomic E-state index is 0.0961. The van der Waals surface area contributed by atoms with E-state index in [0.29, 0.717) is 5.69 Å². The molecule has 2 aromatic rings. The second-order valence-corrected chi connectivity index (χ2v) is 4.21.